The molecule has 3 aromatic rings. The zero-order valence-electron chi connectivity index (χ0n) is 24.4. The van der Waals surface area contributed by atoms with Crippen molar-refractivity contribution in [2.75, 3.05) is 44.9 Å². The number of carbonyl (C=O) groups excluding carboxylic acids is 2. The highest BCUT2D eigenvalue weighted by Crippen LogP contribution is 2.42. The van der Waals surface area contributed by atoms with Crippen molar-refractivity contribution in [1.29, 1.82) is 0 Å². The Morgan fingerprint density at radius 3 is 2.57 bits per heavy atom. The number of amides is 1. The van der Waals surface area contributed by atoms with Crippen LogP contribution >= 0.6 is 11.3 Å². The van der Waals surface area contributed by atoms with Gasteiger partial charge in [0.1, 0.15) is 5.00 Å². The number of benzene rings is 1. The van der Waals surface area contributed by atoms with E-state index in [2.05, 4.69) is 4.57 Å². The molecule has 11 heteroatoms. The molecule has 3 aliphatic rings. The maximum Gasteiger partial charge on any atom is 0.341 e. The van der Waals surface area contributed by atoms with Crippen molar-refractivity contribution in [2.45, 2.75) is 51.3 Å². The molecular weight excluding hydrogens is 574 g/mol. The van der Waals surface area contributed by atoms with Crippen LogP contribution in [0.5, 0.6) is 0 Å². The lowest BCUT2D eigenvalue weighted by Crippen LogP contribution is -2.40. The second kappa shape index (κ2) is 11.1. The summed E-state index contributed by atoms with van der Waals surface area (Å²) in [7, 11) is -2.32. The van der Waals surface area contributed by atoms with Gasteiger partial charge in [-0.25, -0.2) is 13.2 Å². The van der Waals surface area contributed by atoms with Crippen LogP contribution in [0.25, 0.3) is 16.7 Å². The Morgan fingerprint density at radius 1 is 1.12 bits per heavy atom. The fourth-order valence-electron chi connectivity index (χ4n) is 6.31. The summed E-state index contributed by atoms with van der Waals surface area (Å²) in [5, 5.41) is 0.848. The third-order valence-electron chi connectivity index (χ3n) is 8.46. The molecule has 6 rings (SSSR count). The number of aromatic nitrogens is 1. The van der Waals surface area contributed by atoms with Crippen LogP contribution < -0.4 is 4.90 Å². The molecule has 0 unspecified atom stereocenters. The maximum absolute atomic E-state index is 13.7. The van der Waals surface area contributed by atoms with Crippen molar-refractivity contribution in [3.63, 3.8) is 0 Å². The van der Waals surface area contributed by atoms with Gasteiger partial charge in [0.25, 0.3) is 5.91 Å². The minimum atomic E-state index is -3.74. The number of carbonyl (C=O) groups is 2. The summed E-state index contributed by atoms with van der Waals surface area (Å²) in [5.41, 5.74) is 6.14. The normalized spacial score (nSPS) is 18.4. The average molecular weight is 610 g/mol. The van der Waals surface area contributed by atoms with Gasteiger partial charge in [-0.05, 0) is 87.9 Å². The van der Waals surface area contributed by atoms with Gasteiger partial charge in [0.15, 0.2) is 0 Å². The SMILES string of the molecule is CCN1C(=O)/C(=C\c2cc(C)n(-c3sc4c(c3C(=O)OC)CCCC4)c2C)c2cc(S(=O)(=O)N3CCOCC3)ccc21. The number of likely N-dealkylation sites (N-methyl/N-ethyl adjacent to an activating group) is 1. The number of hydrogen-bond donors (Lipinski definition) is 0. The van der Waals surface area contributed by atoms with Gasteiger partial charge < -0.3 is 18.9 Å². The van der Waals surface area contributed by atoms with Crippen LogP contribution in [0.1, 0.15) is 63.1 Å². The van der Waals surface area contributed by atoms with E-state index in [1.165, 1.54) is 16.3 Å². The highest BCUT2D eigenvalue weighted by molar-refractivity contribution is 7.89. The zero-order chi connectivity index (χ0) is 29.8. The molecule has 9 nitrogen and oxygen atoms in total. The summed E-state index contributed by atoms with van der Waals surface area (Å²) in [6, 6.07) is 6.95. The van der Waals surface area contributed by atoms with Gasteiger partial charge in [-0.2, -0.15) is 4.31 Å². The predicted molar refractivity (Wildman–Crippen MR) is 163 cm³/mol. The van der Waals surface area contributed by atoms with Crippen LogP contribution in [-0.2, 0) is 37.1 Å². The minimum absolute atomic E-state index is 0.164. The highest BCUT2D eigenvalue weighted by atomic mass is 32.2. The van der Waals surface area contributed by atoms with E-state index in [-0.39, 0.29) is 16.8 Å². The summed E-state index contributed by atoms with van der Waals surface area (Å²) >= 11 is 1.64. The summed E-state index contributed by atoms with van der Waals surface area (Å²) < 4.78 is 41.0. The van der Waals surface area contributed by atoms with Crippen molar-refractivity contribution in [3.8, 4) is 5.00 Å². The Bertz CT molecular complexity index is 1730. The molecule has 0 atom stereocenters. The summed E-state index contributed by atoms with van der Waals surface area (Å²) in [6.45, 7) is 7.65. The molecular formula is C31H35N3O6S2. The Kier molecular flexibility index (Phi) is 7.63. The van der Waals surface area contributed by atoms with Crippen molar-refractivity contribution in [2.24, 2.45) is 0 Å². The Hall–Kier alpha value is -3.25. The lowest BCUT2D eigenvalue weighted by molar-refractivity contribution is -0.112. The molecule has 2 aliphatic heterocycles. The summed E-state index contributed by atoms with van der Waals surface area (Å²) in [6.07, 6.45) is 5.82. The van der Waals surface area contributed by atoms with Crippen LogP contribution in [0.2, 0.25) is 0 Å². The smallest absolute Gasteiger partial charge is 0.341 e. The van der Waals surface area contributed by atoms with E-state index in [1.54, 1.807) is 34.4 Å². The fourth-order valence-corrected chi connectivity index (χ4v) is 9.23. The van der Waals surface area contributed by atoms with Gasteiger partial charge in [-0.3, -0.25) is 4.79 Å². The number of esters is 1. The van der Waals surface area contributed by atoms with E-state index in [0.717, 1.165) is 53.2 Å². The molecule has 4 heterocycles. The summed E-state index contributed by atoms with van der Waals surface area (Å²) in [4.78, 5) is 29.7. The molecule has 0 N–H and O–H groups in total. The third kappa shape index (κ3) is 4.63. The first-order valence-corrected chi connectivity index (χ1v) is 16.6. The second-order valence-corrected chi connectivity index (χ2v) is 13.9. The first-order chi connectivity index (χ1) is 20.2. The molecule has 222 valence electrons. The quantitative estimate of drug-likeness (QED) is 0.296. The van der Waals surface area contributed by atoms with E-state index in [0.29, 0.717) is 55.2 Å². The highest BCUT2D eigenvalue weighted by Gasteiger charge is 2.35. The predicted octanol–water partition coefficient (Wildman–Crippen LogP) is 4.75. The molecule has 0 saturated carbocycles. The topological polar surface area (TPSA) is 98.2 Å². The van der Waals surface area contributed by atoms with Crippen molar-refractivity contribution in [3.05, 3.63) is 62.8 Å². The Morgan fingerprint density at radius 2 is 1.86 bits per heavy atom. The fraction of sp³-hybridized carbons (Fsp3) is 0.419. The number of rotatable bonds is 6. The van der Waals surface area contributed by atoms with E-state index < -0.39 is 10.0 Å². The summed E-state index contributed by atoms with van der Waals surface area (Å²) in [5.74, 6) is -0.496. The number of aryl methyl sites for hydroxylation is 2. The minimum Gasteiger partial charge on any atom is -0.465 e. The van der Waals surface area contributed by atoms with E-state index in [1.807, 2.05) is 32.9 Å². The first-order valence-electron chi connectivity index (χ1n) is 14.3. The number of thiophene rings is 1. The van der Waals surface area contributed by atoms with Crippen molar-refractivity contribution in [1.82, 2.24) is 8.87 Å². The molecule has 1 saturated heterocycles. The average Bonchev–Trinajstić information content (AvgIpc) is 3.60. The molecule has 1 aromatic carbocycles. The van der Waals surface area contributed by atoms with Gasteiger partial charge >= 0.3 is 5.97 Å². The molecule has 2 aromatic heterocycles. The number of anilines is 1. The van der Waals surface area contributed by atoms with Gasteiger partial charge in [-0.15, -0.1) is 11.3 Å². The number of methoxy groups -OCH3 is 1. The monoisotopic (exact) mass is 609 g/mol. The van der Waals surface area contributed by atoms with Crippen LogP contribution in [-0.4, -0.2) is 69.1 Å². The number of nitrogens with zero attached hydrogens (tertiary/aromatic N) is 3. The van der Waals surface area contributed by atoms with Crippen molar-refractivity contribution < 1.29 is 27.5 Å². The van der Waals surface area contributed by atoms with Crippen molar-refractivity contribution >= 4 is 50.6 Å². The van der Waals surface area contributed by atoms with Crippen LogP contribution in [0, 0.1) is 13.8 Å². The standard InChI is InChI=1S/C31H35N3O6S2/c1-5-33-26-11-10-22(42(37,38)32-12-14-40-15-13-32)18-24(26)25(29(33)35)17-21-16-19(2)34(20(21)3)30-28(31(36)39-4)23-8-6-7-9-27(23)41-30/h10-11,16-18H,5-9,12-15H2,1-4H3/b25-17-. The lowest BCUT2D eigenvalue weighted by Gasteiger charge is -2.26. The molecule has 0 bridgehead atoms. The number of sulfonamides is 1. The van der Waals surface area contributed by atoms with E-state index in [4.69, 9.17) is 9.47 Å². The lowest BCUT2D eigenvalue weighted by atomic mass is 9.95. The van der Waals surface area contributed by atoms with Crippen LogP contribution in [0.4, 0.5) is 5.69 Å². The Labute approximate surface area is 250 Å². The molecule has 42 heavy (non-hydrogen) atoms. The molecule has 0 spiro atoms. The molecule has 0 radical (unpaired) electrons. The van der Waals surface area contributed by atoms with Gasteiger partial charge in [0.05, 0.1) is 36.5 Å². The van der Waals surface area contributed by atoms with E-state index in [9.17, 15) is 18.0 Å². The molecule has 1 fully saturated rings. The number of ether oxygens (including phenoxy) is 2. The van der Waals surface area contributed by atoms with Gasteiger partial charge in [-0.1, -0.05) is 0 Å². The van der Waals surface area contributed by atoms with Gasteiger partial charge in [0, 0.05) is 47.0 Å². The van der Waals surface area contributed by atoms with Crippen LogP contribution in [0.15, 0.2) is 29.2 Å². The Balaban J connectivity index is 1.46. The molecule has 1 amide bonds. The number of morpholine rings is 1. The van der Waals surface area contributed by atoms with Gasteiger partial charge in [0.2, 0.25) is 10.0 Å². The van der Waals surface area contributed by atoms with E-state index >= 15 is 0 Å². The number of hydrogen-bond acceptors (Lipinski definition) is 7. The number of fused-ring (bicyclic) bond motifs is 2. The third-order valence-corrected chi connectivity index (χ3v) is 11.6. The van der Waals surface area contributed by atoms with Crippen LogP contribution in [0.3, 0.4) is 0 Å². The first kappa shape index (κ1) is 28.9. The molecule has 1 aliphatic carbocycles. The maximum atomic E-state index is 13.7. The zero-order valence-corrected chi connectivity index (χ0v) is 26.0. The largest absolute Gasteiger partial charge is 0.465 e. The second-order valence-electron chi connectivity index (χ2n) is 10.8.